The van der Waals surface area contributed by atoms with Gasteiger partial charge in [0.25, 0.3) is 0 Å². The summed E-state index contributed by atoms with van der Waals surface area (Å²) in [6.07, 6.45) is 13.4. The third-order valence-electron chi connectivity index (χ3n) is 3.81. The fraction of sp³-hybridized carbons (Fsp3) is 0.941. The van der Waals surface area contributed by atoms with Crippen molar-refractivity contribution in [3.63, 3.8) is 0 Å². The summed E-state index contributed by atoms with van der Waals surface area (Å²) < 4.78 is 27.4. The van der Waals surface area contributed by atoms with Crippen molar-refractivity contribution in [2.45, 2.75) is 84.0 Å². The molecule has 0 heterocycles. The maximum atomic E-state index is 11.5. The van der Waals surface area contributed by atoms with Gasteiger partial charge in [0.2, 0.25) is 0 Å². The number of rotatable bonds is 16. The number of nitrogens with one attached hydrogen (secondary N) is 1. The van der Waals surface area contributed by atoms with Crippen molar-refractivity contribution < 1.29 is 17.4 Å². The summed E-state index contributed by atoms with van der Waals surface area (Å²) in [5.74, 6) is -0.801. The van der Waals surface area contributed by atoms with Crippen molar-refractivity contribution in [1.29, 1.82) is 0 Å². The first kappa shape index (κ1) is 27.2. The van der Waals surface area contributed by atoms with Crippen LogP contribution < -0.4 is 5.32 Å². The Morgan fingerprint density at radius 2 is 1.33 bits per heavy atom. The third-order valence-corrected chi connectivity index (χ3v) is 4.95. The Kier molecular flexibility index (Phi) is 21.3. The molecule has 5 nitrogen and oxygen atoms in total. The Bertz CT molecular complexity index is 388. The average molecular weight is 390 g/mol. The molecule has 0 spiro atoms. The van der Waals surface area contributed by atoms with Crippen LogP contribution in [0.3, 0.4) is 0 Å². The van der Waals surface area contributed by atoms with E-state index in [2.05, 4.69) is 16.4 Å². The summed E-state index contributed by atoms with van der Waals surface area (Å²) in [7, 11) is -2.06. The van der Waals surface area contributed by atoms with Gasteiger partial charge in [0.15, 0.2) is 0 Å². The fourth-order valence-electron chi connectivity index (χ4n) is 2.39. The van der Waals surface area contributed by atoms with Crippen LogP contribution in [0.15, 0.2) is 0 Å². The molecule has 7 heteroatoms. The molecule has 0 fully saturated rings. The molecule has 0 aliphatic carbocycles. The second-order valence-electron chi connectivity index (χ2n) is 6.11. The minimum atomic E-state index is -3.72. The van der Waals surface area contributed by atoms with Crippen molar-refractivity contribution in [2.75, 3.05) is 19.3 Å². The van der Waals surface area contributed by atoms with Crippen molar-refractivity contribution in [3.05, 3.63) is 0 Å². The maximum absolute atomic E-state index is 11.5. The van der Waals surface area contributed by atoms with E-state index in [1.165, 1.54) is 51.4 Å². The zero-order chi connectivity index (χ0) is 17.4. The average Bonchev–Trinajstić information content (AvgIpc) is 2.50. The van der Waals surface area contributed by atoms with Gasteiger partial charge in [-0.15, -0.1) is 0 Å². The molecule has 0 radical (unpaired) electrons. The fourth-order valence-corrected chi connectivity index (χ4v) is 3.29. The molecule has 0 atom stereocenters. The Morgan fingerprint density at radius 1 is 0.875 bits per heavy atom. The van der Waals surface area contributed by atoms with E-state index < -0.39 is 16.1 Å². The van der Waals surface area contributed by atoms with E-state index in [1.807, 2.05) is 0 Å². The van der Waals surface area contributed by atoms with Crippen molar-refractivity contribution >= 4 is 67.5 Å². The molecular formula is C17H36KNO4S. The van der Waals surface area contributed by atoms with Gasteiger partial charge in [-0.25, -0.2) is 0 Å². The van der Waals surface area contributed by atoms with Gasteiger partial charge < -0.3 is 9.50 Å². The number of carbonyl (C=O) groups is 1. The first-order valence-electron chi connectivity index (χ1n) is 9.11. The van der Waals surface area contributed by atoms with Crippen LogP contribution in [-0.2, 0) is 19.1 Å². The molecule has 140 valence electrons. The van der Waals surface area contributed by atoms with Crippen LogP contribution in [-0.4, -0.2) is 85.1 Å². The van der Waals surface area contributed by atoms with Gasteiger partial charge in [0.1, 0.15) is 0 Å². The molecule has 0 aromatic rings. The van der Waals surface area contributed by atoms with Gasteiger partial charge in [-0.2, -0.15) is 8.42 Å². The van der Waals surface area contributed by atoms with E-state index in [-0.39, 0.29) is 70.1 Å². The van der Waals surface area contributed by atoms with Crippen LogP contribution in [0.25, 0.3) is 0 Å². The molecule has 0 aromatic heterocycles. The van der Waals surface area contributed by atoms with Gasteiger partial charge in [0.05, 0.1) is 5.75 Å². The summed E-state index contributed by atoms with van der Waals surface area (Å²) in [5.41, 5.74) is 0. The Morgan fingerprint density at radius 3 is 1.79 bits per heavy atom. The van der Waals surface area contributed by atoms with Crippen LogP contribution in [0.2, 0.25) is 0 Å². The molecule has 0 aromatic carbocycles. The molecule has 0 saturated carbocycles. The molecule has 0 saturated heterocycles. The molecule has 1 N–H and O–H groups in total. The summed E-state index contributed by atoms with van der Waals surface area (Å²) >= 11 is 0. The van der Waals surface area contributed by atoms with E-state index in [0.717, 1.165) is 12.8 Å². The van der Waals surface area contributed by atoms with E-state index in [1.54, 1.807) is 7.05 Å². The third kappa shape index (κ3) is 19.3. The van der Waals surface area contributed by atoms with Crippen molar-refractivity contribution in [2.24, 2.45) is 0 Å². The van der Waals surface area contributed by atoms with E-state index in [9.17, 15) is 13.2 Å². The zero-order valence-electron chi connectivity index (χ0n) is 14.9. The Labute approximate surface area is 191 Å². The number of carbonyl (C=O) groups excluding carboxylic acids is 1. The van der Waals surface area contributed by atoms with E-state index in [0.29, 0.717) is 6.42 Å². The molecule has 0 aliphatic heterocycles. The van der Waals surface area contributed by atoms with Gasteiger partial charge in [-0.1, -0.05) is 71.1 Å². The number of hydrogen-bond donors (Lipinski definition) is 1. The van der Waals surface area contributed by atoms with Crippen LogP contribution in [0, 0.1) is 0 Å². The quantitative estimate of drug-likeness (QED) is 0.249. The van der Waals surface area contributed by atoms with Crippen LogP contribution in [0.1, 0.15) is 84.0 Å². The predicted molar refractivity (Wildman–Crippen MR) is 102 cm³/mol. The summed E-state index contributed by atoms with van der Waals surface area (Å²) in [4.78, 5) is 11.5. The van der Waals surface area contributed by atoms with Gasteiger partial charge >= 0.3 is 67.5 Å². The van der Waals surface area contributed by atoms with Gasteiger partial charge in [-0.05, 0) is 13.5 Å². The zero-order valence-corrected chi connectivity index (χ0v) is 15.8. The minimum absolute atomic E-state index is 0. The van der Waals surface area contributed by atoms with E-state index >= 15 is 0 Å². The first-order valence-corrected chi connectivity index (χ1v) is 10.7. The van der Waals surface area contributed by atoms with E-state index in [4.69, 9.17) is 0 Å². The molecule has 0 rings (SSSR count). The van der Waals surface area contributed by atoms with Crippen molar-refractivity contribution in [1.82, 2.24) is 5.32 Å². The molecular weight excluding hydrogens is 353 g/mol. The molecule has 0 aliphatic rings. The van der Waals surface area contributed by atoms with Gasteiger partial charge in [-0.3, -0.25) is 4.79 Å². The summed E-state index contributed by atoms with van der Waals surface area (Å²) in [5, 5.41) is 2.72. The molecule has 0 bridgehead atoms. The van der Waals surface area contributed by atoms with Crippen molar-refractivity contribution in [3.8, 4) is 0 Å². The number of hydrogen-bond acceptors (Lipinski definition) is 5. The summed E-state index contributed by atoms with van der Waals surface area (Å²) in [6.45, 7) is 2.52. The van der Waals surface area contributed by atoms with Gasteiger partial charge in [0, 0.05) is 13.0 Å². The van der Waals surface area contributed by atoms with Crippen LogP contribution >= 0.6 is 0 Å². The Balaban J connectivity index is 0. The monoisotopic (exact) mass is 389 g/mol. The first-order chi connectivity index (χ1) is 11.0. The molecule has 0 unspecified atom stereocenters. The second-order valence-corrected chi connectivity index (χ2v) is 7.80. The summed E-state index contributed by atoms with van der Waals surface area (Å²) in [6, 6.07) is 0. The van der Waals surface area contributed by atoms with Crippen LogP contribution in [0.4, 0.5) is 0 Å². The topological polar surface area (TPSA) is 72.5 Å². The number of unbranched alkanes of at least 4 members (excludes halogenated alkanes) is 10. The standard InChI is InChI=1S/C17H35NO4S.K.H/c1-3-4-5-6-7-8-9-10-11-12-13-14-17(19)22-23(20,21)16-15-18-2;;/h18H,3-16H2,1-2H3;;. The normalized spacial score (nSPS) is 11.1. The second kappa shape index (κ2) is 18.8. The van der Waals surface area contributed by atoms with Crippen LogP contribution in [0.5, 0.6) is 0 Å². The molecule has 0 amide bonds. The SMILES string of the molecule is CCCCCCCCCCCCCC(=O)OS(=O)(=O)CCNC.[KH]. The predicted octanol–water partition coefficient (Wildman–Crippen LogP) is 3.13. The Hall–Kier alpha value is 1.02. The molecule has 24 heavy (non-hydrogen) atoms.